The lowest BCUT2D eigenvalue weighted by Crippen LogP contribution is -2.11. The second-order valence-corrected chi connectivity index (χ2v) is 5.55. The van der Waals surface area contributed by atoms with Crippen molar-refractivity contribution in [2.75, 3.05) is 6.26 Å². The lowest BCUT2D eigenvalue weighted by atomic mass is 9.99. The molecule has 94 valence electrons. The minimum absolute atomic E-state index is 0.126. The smallest absolute Gasteiger partial charge is 0.0552 e. The maximum atomic E-state index is 6.26. The quantitative estimate of drug-likeness (QED) is 0.841. The molecule has 2 aromatic carbocycles. The molecule has 2 aromatic rings. The summed E-state index contributed by atoms with van der Waals surface area (Å²) in [6.07, 6.45) is 2.06. The predicted molar refractivity (Wildman–Crippen MR) is 80.4 cm³/mol. The second-order valence-electron chi connectivity index (χ2n) is 4.26. The summed E-state index contributed by atoms with van der Waals surface area (Å²) in [7, 11) is 0. The average molecular weight is 278 g/mol. The molecule has 2 N–H and O–H groups in total. The molecule has 18 heavy (non-hydrogen) atoms. The van der Waals surface area contributed by atoms with Crippen molar-refractivity contribution in [1.82, 2.24) is 0 Å². The Kier molecular flexibility index (Phi) is 4.33. The van der Waals surface area contributed by atoms with E-state index in [4.69, 9.17) is 17.3 Å². The third-order valence-corrected chi connectivity index (χ3v) is 4.18. The van der Waals surface area contributed by atoms with Crippen LogP contribution in [0.15, 0.2) is 47.4 Å². The van der Waals surface area contributed by atoms with E-state index in [1.165, 1.54) is 4.90 Å². The van der Waals surface area contributed by atoms with Gasteiger partial charge in [0.1, 0.15) is 0 Å². The van der Waals surface area contributed by atoms with Crippen LogP contribution in [0.5, 0.6) is 0 Å². The molecule has 0 amide bonds. The first-order valence-electron chi connectivity index (χ1n) is 5.77. The Morgan fingerprint density at radius 3 is 2.22 bits per heavy atom. The van der Waals surface area contributed by atoms with Gasteiger partial charge in [0.25, 0.3) is 0 Å². The van der Waals surface area contributed by atoms with E-state index in [1.807, 2.05) is 25.1 Å². The normalized spacial score (nSPS) is 12.4. The van der Waals surface area contributed by atoms with Gasteiger partial charge in [0, 0.05) is 9.92 Å². The van der Waals surface area contributed by atoms with Crippen LogP contribution in [0.1, 0.15) is 22.7 Å². The Morgan fingerprint density at radius 2 is 1.67 bits per heavy atom. The summed E-state index contributed by atoms with van der Waals surface area (Å²) in [4.78, 5) is 1.24. The summed E-state index contributed by atoms with van der Waals surface area (Å²) in [6.45, 7) is 1.99. The molecule has 0 aliphatic rings. The van der Waals surface area contributed by atoms with Gasteiger partial charge in [-0.1, -0.05) is 35.9 Å². The van der Waals surface area contributed by atoms with Crippen LogP contribution in [-0.4, -0.2) is 6.26 Å². The molecule has 0 fully saturated rings. The highest BCUT2D eigenvalue weighted by molar-refractivity contribution is 7.98. The van der Waals surface area contributed by atoms with Gasteiger partial charge in [-0.05, 0) is 48.1 Å². The summed E-state index contributed by atoms with van der Waals surface area (Å²) in [5.41, 5.74) is 9.48. The fourth-order valence-electron chi connectivity index (χ4n) is 1.81. The molecule has 0 aliphatic carbocycles. The SMILES string of the molecule is CSc1ccc(C(N)c2ccc(C)c(Cl)c2)cc1. The lowest BCUT2D eigenvalue weighted by molar-refractivity contribution is 0.869. The molecule has 2 rings (SSSR count). The van der Waals surface area contributed by atoms with Crippen LogP contribution < -0.4 is 5.73 Å². The minimum Gasteiger partial charge on any atom is -0.320 e. The number of hydrogen-bond acceptors (Lipinski definition) is 2. The predicted octanol–water partition coefficient (Wildman–Crippen LogP) is 4.42. The summed E-state index contributed by atoms with van der Waals surface area (Å²) < 4.78 is 0. The van der Waals surface area contributed by atoms with Crippen LogP contribution in [0.3, 0.4) is 0 Å². The monoisotopic (exact) mass is 277 g/mol. The third kappa shape index (κ3) is 2.89. The van der Waals surface area contributed by atoms with E-state index in [9.17, 15) is 0 Å². The molecule has 0 bridgehead atoms. The van der Waals surface area contributed by atoms with Crippen molar-refractivity contribution in [3.05, 3.63) is 64.2 Å². The molecule has 0 heterocycles. The van der Waals surface area contributed by atoms with Crippen molar-refractivity contribution in [2.45, 2.75) is 17.9 Å². The van der Waals surface area contributed by atoms with E-state index in [-0.39, 0.29) is 6.04 Å². The maximum Gasteiger partial charge on any atom is 0.0552 e. The number of nitrogens with two attached hydrogens (primary N) is 1. The highest BCUT2D eigenvalue weighted by atomic mass is 35.5. The molecule has 3 heteroatoms. The van der Waals surface area contributed by atoms with Crippen LogP contribution in [0.2, 0.25) is 5.02 Å². The zero-order valence-electron chi connectivity index (χ0n) is 10.5. The number of benzene rings is 2. The van der Waals surface area contributed by atoms with Gasteiger partial charge in [0.05, 0.1) is 6.04 Å². The van der Waals surface area contributed by atoms with E-state index in [2.05, 4.69) is 30.5 Å². The van der Waals surface area contributed by atoms with Gasteiger partial charge >= 0.3 is 0 Å². The molecule has 0 saturated heterocycles. The van der Waals surface area contributed by atoms with Crippen molar-refractivity contribution in [2.24, 2.45) is 5.73 Å². The first-order chi connectivity index (χ1) is 8.61. The summed E-state index contributed by atoms with van der Waals surface area (Å²) in [5, 5.41) is 0.767. The molecule has 0 saturated carbocycles. The van der Waals surface area contributed by atoms with Crippen LogP contribution in [0, 0.1) is 6.92 Å². The second kappa shape index (κ2) is 5.79. The minimum atomic E-state index is -0.126. The average Bonchev–Trinajstić information content (AvgIpc) is 2.41. The van der Waals surface area contributed by atoms with E-state index < -0.39 is 0 Å². The van der Waals surface area contributed by atoms with E-state index >= 15 is 0 Å². The lowest BCUT2D eigenvalue weighted by Gasteiger charge is -2.14. The first kappa shape index (κ1) is 13.5. The topological polar surface area (TPSA) is 26.0 Å². The van der Waals surface area contributed by atoms with Gasteiger partial charge in [0.15, 0.2) is 0 Å². The number of thioether (sulfide) groups is 1. The molecular formula is C15H16ClNS. The van der Waals surface area contributed by atoms with Gasteiger partial charge in [-0.15, -0.1) is 11.8 Å². The molecular weight excluding hydrogens is 262 g/mol. The van der Waals surface area contributed by atoms with Crippen LogP contribution in [0.25, 0.3) is 0 Å². The van der Waals surface area contributed by atoms with Crippen molar-refractivity contribution >= 4 is 23.4 Å². The fraction of sp³-hybridized carbons (Fsp3) is 0.200. The standard InChI is InChI=1S/C15H16ClNS/c1-10-3-4-12(9-14(10)16)15(17)11-5-7-13(18-2)8-6-11/h3-9,15H,17H2,1-2H3. The Morgan fingerprint density at radius 1 is 1.06 bits per heavy atom. The Labute approximate surface area is 117 Å². The molecule has 0 aromatic heterocycles. The summed E-state index contributed by atoms with van der Waals surface area (Å²) >= 11 is 7.86. The van der Waals surface area contributed by atoms with Crippen LogP contribution in [-0.2, 0) is 0 Å². The van der Waals surface area contributed by atoms with E-state index in [0.29, 0.717) is 0 Å². The Balaban J connectivity index is 2.28. The van der Waals surface area contributed by atoms with Crippen molar-refractivity contribution in [3.63, 3.8) is 0 Å². The highest BCUT2D eigenvalue weighted by Gasteiger charge is 2.10. The highest BCUT2D eigenvalue weighted by Crippen LogP contribution is 2.25. The van der Waals surface area contributed by atoms with Gasteiger partial charge in [0.2, 0.25) is 0 Å². The van der Waals surface area contributed by atoms with Gasteiger partial charge in [-0.3, -0.25) is 0 Å². The Bertz CT molecular complexity index is 537. The van der Waals surface area contributed by atoms with Gasteiger partial charge < -0.3 is 5.73 Å². The molecule has 0 radical (unpaired) electrons. The van der Waals surface area contributed by atoms with E-state index in [1.54, 1.807) is 11.8 Å². The van der Waals surface area contributed by atoms with Crippen molar-refractivity contribution < 1.29 is 0 Å². The van der Waals surface area contributed by atoms with Gasteiger partial charge in [-0.2, -0.15) is 0 Å². The van der Waals surface area contributed by atoms with Gasteiger partial charge in [-0.25, -0.2) is 0 Å². The molecule has 1 nitrogen and oxygen atoms in total. The van der Waals surface area contributed by atoms with Crippen molar-refractivity contribution in [1.29, 1.82) is 0 Å². The zero-order chi connectivity index (χ0) is 13.1. The maximum absolute atomic E-state index is 6.26. The van der Waals surface area contributed by atoms with Crippen LogP contribution in [0.4, 0.5) is 0 Å². The van der Waals surface area contributed by atoms with Crippen molar-refractivity contribution in [3.8, 4) is 0 Å². The molecule has 1 atom stereocenters. The first-order valence-corrected chi connectivity index (χ1v) is 7.37. The number of rotatable bonds is 3. The van der Waals surface area contributed by atoms with E-state index in [0.717, 1.165) is 21.7 Å². The summed E-state index contributed by atoms with van der Waals surface area (Å²) in [6, 6.07) is 14.2. The number of halogens is 1. The third-order valence-electron chi connectivity index (χ3n) is 3.03. The Hall–Kier alpha value is -0.960. The largest absolute Gasteiger partial charge is 0.320 e. The molecule has 0 spiro atoms. The fourth-order valence-corrected chi connectivity index (χ4v) is 2.40. The zero-order valence-corrected chi connectivity index (χ0v) is 12.1. The number of hydrogen-bond donors (Lipinski definition) is 1. The number of aryl methyl sites for hydroxylation is 1. The molecule has 0 aliphatic heterocycles. The van der Waals surface area contributed by atoms with Crippen LogP contribution >= 0.6 is 23.4 Å². The summed E-state index contributed by atoms with van der Waals surface area (Å²) in [5.74, 6) is 0. The molecule has 1 unspecified atom stereocenters.